The molecule has 1 N–H and O–H groups in total. The van der Waals surface area contributed by atoms with Crippen molar-refractivity contribution in [3.8, 4) is 11.3 Å². The molecule has 0 aliphatic carbocycles. The molecule has 0 bridgehead atoms. The van der Waals surface area contributed by atoms with Crippen LogP contribution in [0.2, 0.25) is 10.0 Å². The van der Waals surface area contributed by atoms with E-state index in [0.717, 1.165) is 64.9 Å². The number of piperidine rings is 1. The monoisotopic (exact) mass is 633 g/mol. The second kappa shape index (κ2) is 13.8. The van der Waals surface area contributed by atoms with Crippen molar-refractivity contribution in [2.45, 2.75) is 38.0 Å². The van der Waals surface area contributed by atoms with Gasteiger partial charge in [-0.15, -0.1) is 0 Å². The van der Waals surface area contributed by atoms with Gasteiger partial charge in [-0.1, -0.05) is 77.8 Å². The molecule has 43 heavy (non-hydrogen) atoms. The fraction of sp³-hybridized carbons (Fsp3) is 0.312. The van der Waals surface area contributed by atoms with E-state index in [1.54, 1.807) is 4.90 Å². The van der Waals surface area contributed by atoms with Crippen molar-refractivity contribution in [1.82, 2.24) is 14.4 Å². The zero-order chi connectivity index (χ0) is 31.3. The van der Waals surface area contributed by atoms with Crippen LogP contribution in [0.4, 0.5) is 13.2 Å². The van der Waals surface area contributed by atoms with Gasteiger partial charge >= 0.3 is 12.1 Å². The van der Waals surface area contributed by atoms with Gasteiger partial charge in [0.1, 0.15) is 6.54 Å². The fourth-order valence-electron chi connectivity index (χ4n) is 5.41. The Morgan fingerprint density at radius 2 is 1.47 bits per heavy atom. The normalized spacial score (nSPS) is 14.3. The maximum Gasteiger partial charge on any atom is 0.490 e. The molecule has 1 aliphatic rings. The minimum Gasteiger partial charge on any atom is -0.475 e. The highest BCUT2D eigenvalue weighted by Gasteiger charge is 2.38. The number of para-hydroxylation sites is 1. The summed E-state index contributed by atoms with van der Waals surface area (Å²) in [5.41, 5.74) is 5.72. The molecule has 3 aromatic carbocycles. The van der Waals surface area contributed by atoms with Crippen LogP contribution in [0.15, 0.2) is 72.8 Å². The van der Waals surface area contributed by atoms with E-state index in [9.17, 15) is 18.0 Å². The number of rotatable bonds is 6. The summed E-state index contributed by atoms with van der Waals surface area (Å²) in [6.07, 6.45) is -3.05. The number of hydrogen-bond donors (Lipinski definition) is 1. The van der Waals surface area contributed by atoms with Gasteiger partial charge in [-0.2, -0.15) is 13.2 Å². The predicted octanol–water partition coefficient (Wildman–Crippen LogP) is 7.72. The molecule has 2 heterocycles. The molecule has 0 spiro atoms. The second-order valence-corrected chi connectivity index (χ2v) is 11.4. The Morgan fingerprint density at radius 1 is 0.907 bits per heavy atom. The SMILES string of the molecule is CN(C)C(=O)Cn1c(-c2ccccc2)c(CN2CCC(c3c(Cl)cccc3Cl)CC2)c2ccccc21.O=C(O)C(F)(F)F. The first-order chi connectivity index (χ1) is 20.4. The van der Waals surface area contributed by atoms with E-state index in [-0.39, 0.29) is 5.91 Å². The van der Waals surface area contributed by atoms with Crippen molar-refractivity contribution in [3.63, 3.8) is 0 Å². The number of benzene rings is 3. The number of aromatic nitrogens is 1. The first-order valence-corrected chi connectivity index (χ1v) is 14.5. The number of carboxylic acid groups (broad SMARTS) is 1. The molecule has 1 aliphatic heterocycles. The Labute approximate surface area is 258 Å². The Hall–Kier alpha value is -3.53. The number of likely N-dealkylation sites (tertiary alicyclic amines) is 1. The van der Waals surface area contributed by atoms with Gasteiger partial charge in [0.25, 0.3) is 0 Å². The summed E-state index contributed by atoms with van der Waals surface area (Å²) < 4.78 is 33.9. The zero-order valence-corrected chi connectivity index (χ0v) is 25.3. The Morgan fingerprint density at radius 3 is 2.02 bits per heavy atom. The van der Waals surface area contributed by atoms with Crippen LogP contribution in [0.5, 0.6) is 0 Å². The number of amides is 1. The molecule has 1 aromatic heterocycles. The quantitative estimate of drug-likeness (QED) is 0.236. The van der Waals surface area contributed by atoms with Crippen molar-refractivity contribution >= 4 is 46.0 Å². The number of aliphatic carboxylic acids is 1. The lowest BCUT2D eigenvalue weighted by atomic mass is 9.89. The molecule has 6 nitrogen and oxygen atoms in total. The average molecular weight is 635 g/mol. The third-order valence-electron chi connectivity index (χ3n) is 7.53. The van der Waals surface area contributed by atoms with Gasteiger partial charge in [-0.3, -0.25) is 9.69 Å². The van der Waals surface area contributed by atoms with E-state index in [4.69, 9.17) is 33.1 Å². The Bertz CT molecular complexity index is 1560. The van der Waals surface area contributed by atoms with Crippen LogP contribution >= 0.6 is 23.2 Å². The van der Waals surface area contributed by atoms with Gasteiger partial charge in [0.2, 0.25) is 5.91 Å². The van der Waals surface area contributed by atoms with Gasteiger partial charge in [0.05, 0.1) is 5.69 Å². The predicted molar refractivity (Wildman–Crippen MR) is 163 cm³/mol. The van der Waals surface area contributed by atoms with Crippen molar-refractivity contribution in [3.05, 3.63) is 94.0 Å². The van der Waals surface area contributed by atoms with Gasteiger partial charge in [0.15, 0.2) is 0 Å². The van der Waals surface area contributed by atoms with Crippen LogP contribution < -0.4 is 0 Å². The highest BCUT2D eigenvalue weighted by Crippen LogP contribution is 2.39. The minimum atomic E-state index is -5.08. The second-order valence-electron chi connectivity index (χ2n) is 10.6. The first kappa shape index (κ1) is 32.4. The lowest BCUT2D eigenvalue weighted by Crippen LogP contribution is -2.32. The van der Waals surface area contributed by atoms with Gasteiger partial charge in [0, 0.05) is 41.6 Å². The molecule has 1 fully saturated rings. The molecule has 11 heteroatoms. The van der Waals surface area contributed by atoms with E-state index in [0.29, 0.717) is 12.5 Å². The van der Waals surface area contributed by atoms with Crippen molar-refractivity contribution in [2.24, 2.45) is 0 Å². The number of carbonyl (C=O) groups is 2. The van der Waals surface area contributed by atoms with Crippen molar-refractivity contribution in [2.75, 3.05) is 27.2 Å². The standard InChI is InChI=1S/C30H31Cl2N3O.C2HF3O2/c1-33(2)28(36)20-35-27-14-7-6-11-23(27)24(30(35)22-9-4-3-5-10-22)19-34-17-15-21(16-18-34)29-25(31)12-8-13-26(29)32;3-2(4,5)1(6)7/h3-14,21H,15-20H2,1-2H3;(H,6,7). The van der Waals surface area contributed by atoms with Crippen molar-refractivity contribution < 1.29 is 27.9 Å². The van der Waals surface area contributed by atoms with E-state index in [1.165, 1.54) is 10.9 Å². The van der Waals surface area contributed by atoms with Gasteiger partial charge < -0.3 is 14.6 Å². The van der Waals surface area contributed by atoms with Crippen molar-refractivity contribution in [1.29, 1.82) is 0 Å². The molecular weight excluding hydrogens is 602 g/mol. The number of carboxylic acids is 1. The zero-order valence-electron chi connectivity index (χ0n) is 23.7. The van der Waals surface area contributed by atoms with Gasteiger partial charge in [-0.05, 0) is 66.7 Å². The van der Waals surface area contributed by atoms with E-state index >= 15 is 0 Å². The van der Waals surface area contributed by atoms with E-state index < -0.39 is 12.1 Å². The maximum absolute atomic E-state index is 12.8. The number of fused-ring (bicyclic) bond motifs is 1. The van der Waals surface area contributed by atoms with E-state index in [2.05, 4.69) is 58.0 Å². The van der Waals surface area contributed by atoms with Gasteiger partial charge in [-0.25, -0.2) is 4.79 Å². The largest absolute Gasteiger partial charge is 0.490 e. The number of nitrogens with zero attached hydrogens (tertiary/aromatic N) is 3. The molecule has 1 saturated heterocycles. The molecule has 0 atom stereocenters. The Kier molecular flexibility index (Phi) is 10.4. The summed E-state index contributed by atoms with van der Waals surface area (Å²) in [7, 11) is 3.62. The van der Waals surface area contributed by atoms with E-state index in [1.807, 2.05) is 38.4 Å². The van der Waals surface area contributed by atoms with Crippen LogP contribution in [-0.4, -0.2) is 64.7 Å². The first-order valence-electron chi connectivity index (χ1n) is 13.7. The van der Waals surface area contributed by atoms with Crippen LogP contribution in [0.3, 0.4) is 0 Å². The fourth-order valence-corrected chi connectivity index (χ4v) is 6.11. The van der Waals surface area contributed by atoms with Crippen LogP contribution in [0.1, 0.15) is 29.9 Å². The number of carbonyl (C=O) groups excluding carboxylic acids is 1. The number of hydrogen-bond acceptors (Lipinski definition) is 3. The van der Waals surface area contributed by atoms with Crippen LogP contribution in [-0.2, 0) is 22.7 Å². The lowest BCUT2D eigenvalue weighted by Gasteiger charge is -2.33. The molecular formula is C32H32Cl2F3N3O3. The minimum absolute atomic E-state index is 0.0805. The third kappa shape index (κ3) is 7.71. The Balaban J connectivity index is 0.000000541. The topological polar surface area (TPSA) is 65.8 Å². The number of likely N-dealkylation sites (N-methyl/N-ethyl adjacent to an activating group) is 1. The smallest absolute Gasteiger partial charge is 0.475 e. The van der Waals surface area contributed by atoms with Crippen LogP contribution in [0.25, 0.3) is 22.2 Å². The maximum atomic E-state index is 12.8. The summed E-state index contributed by atoms with van der Waals surface area (Å²) in [6, 6.07) is 24.7. The third-order valence-corrected chi connectivity index (χ3v) is 8.19. The number of alkyl halides is 3. The summed E-state index contributed by atoms with van der Waals surface area (Å²) in [5.74, 6) is -2.31. The number of halogens is 5. The molecule has 4 aromatic rings. The summed E-state index contributed by atoms with van der Waals surface area (Å²) in [6.45, 7) is 3.08. The highest BCUT2D eigenvalue weighted by molar-refractivity contribution is 6.36. The summed E-state index contributed by atoms with van der Waals surface area (Å²) in [5, 5.41) is 9.86. The van der Waals surface area contributed by atoms with Crippen LogP contribution in [0, 0.1) is 0 Å². The molecule has 0 saturated carbocycles. The highest BCUT2D eigenvalue weighted by atomic mass is 35.5. The molecule has 228 valence electrons. The average Bonchev–Trinajstić information content (AvgIpc) is 3.26. The molecule has 1 amide bonds. The molecule has 0 unspecified atom stereocenters. The summed E-state index contributed by atoms with van der Waals surface area (Å²) >= 11 is 13.0. The lowest BCUT2D eigenvalue weighted by molar-refractivity contribution is -0.192. The summed E-state index contributed by atoms with van der Waals surface area (Å²) in [4.78, 5) is 25.9. The molecule has 5 rings (SSSR count). The molecule has 0 radical (unpaired) electrons.